The van der Waals surface area contributed by atoms with Crippen LogP contribution in [0.4, 0.5) is 0 Å². The van der Waals surface area contributed by atoms with Crippen molar-refractivity contribution in [2.75, 3.05) is 26.7 Å². The zero-order chi connectivity index (χ0) is 12.5. The first-order valence-corrected chi connectivity index (χ1v) is 5.79. The van der Waals surface area contributed by atoms with Crippen molar-refractivity contribution in [3.8, 4) is 5.75 Å². The van der Waals surface area contributed by atoms with Gasteiger partial charge in [-0.2, -0.15) is 0 Å². The van der Waals surface area contributed by atoms with Crippen molar-refractivity contribution in [2.24, 2.45) is 0 Å². The van der Waals surface area contributed by atoms with Gasteiger partial charge in [0.2, 0.25) is 0 Å². The third-order valence-corrected chi connectivity index (χ3v) is 2.53. The van der Waals surface area contributed by atoms with Gasteiger partial charge in [-0.1, -0.05) is 25.1 Å². The molecule has 1 rings (SSSR count). The van der Waals surface area contributed by atoms with E-state index in [1.165, 1.54) is 6.08 Å². The van der Waals surface area contributed by atoms with E-state index in [4.69, 9.17) is 4.74 Å². The van der Waals surface area contributed by atoms with Crippen molar-refractivity contribution in [3.63, 3.8) is 0 Å². The second-order valence-electron chi connectivity index (χ2n) is 3.81. The number of hydrogen-bond donors (Lipinski definition) is 0. The molecule has 0 saturated heterocycles. The maximum absolute atomic E-state index is 10.2. The number of aldehydes is 1. The average Bonchev–Trinajstić information content (AvgIpc) is 2.37. The molecular weight excluding hydrogens is 214 g/mol. The van der Waals surface area contributed by atoms with Gasteiger partial charge in [0, 0.05) is 6.54 Å². The molecule has 0 N–H and O–H groups in total. The van der Waals surface area contributed by atoms with Gasteiger partial charge in [0.1, 0.15) is 18.6 Å². The SMILES string of the molecule is CCN(C)CCOc1ccc(C=CC=O)cc1. The Morgan fingerprint density at radius 2 is 2.00 bits per heavy atom. The van der Waals surface area contributed by atoms with Gasteiger partial charge in [0.15, 0.2) is 0 Å². The van der Waals surface area contributed by atoms with Gasteiger partial charge in [-0.15, -0.1) is 0 Å². The Morgan fingerprint density at radius 3 is 2.59 bits per heavy atom. The molecule has 17 heavy (non-hydrogen) atoms. The first-order chi connectivity index (χ1) is 8.26. The lowest BCUT2D eigenvalue weighted by Crippen LogP contribution is -2.23. The molecule has 3 nitrogen and oxygen atoms in total. The maximum Gasteiger partial charge on any atom is 0.142 e. The highest BCUT2D eigenvalue weighted by atomic mass is 16.5. The van der Waals surface area contributed by atoms with Crippen LogP contribution in [0.3, 0.4) is 0 Å². The average molecular weight is 233 g/mol. The molecule has 0 aliphatic carbocycles. The van der Waals surface area contributed by atoms with Crippen molar-refractivity contribution in [2.45, 2.75) is 6.92 Å². The molecule has 1 aromatic carbocycles. The Balaban J connectivity index is 2.40. The Bertz CT molecular complexity index is 357. The second-order valence-corrected chi connectivity index (χ2v) is 3.81. The second kappa shape index (κ2) is 7.63. The van der Waals surface area contributed by atoms with E-state index in [0.717, 1.165) is 30.7 Å². The summed E-state index contributed by atoms with van der Waals surface area (Å²) in [5.74, 6) is 0.859. The lowest BCUT2D eigenvalue weighted by molar-refractivity contribution is -0.104. The number of carbonyl (C=O) groups excluding carboxylic acids is 1. The fraction of sp³-hybridized carbons (Fsp3) is 0.357. The Labute approximate surface area is 103 Å². The van der Waals surface area contributed by atoms with E-state index in [1.807, 2.05) is 24.3 Å². The molecule has 0 aliphatic heterocycles. The van der Waals surface area contributed by atoms with Gasteiger partial charge in [0.25, 0.3) is 0 Å². The highest BCUT2D eigenvalue weighted by Gasteiger charge is 1.96. The van der Waals surface area contributed by atoms with E-state index >= 15 is 0 Å². The lowest BCUT2D eigenvalue weighted by atomic mass is 10.2. The van der Waals surface area contributed by atoms with Gasteiger partial charge in [0.05, 0.1) is 0 Å². The van der Waals surface area contributed by atoms with Crippen LogP contribution in [0.25, 0.3) is 6.08 Å². The third kappa shape index (κ3) is 5.31. The van der Waals surface area contributed by atoms with Crippen LogP contribution in [-0.2, 0) is 4.79 Å². The minimum atomic E-state index is 0.688. The van der Waals surface area contributed by atoms with Crippen molar-refractivity contribution >= 4 is 12.4 Å². The summed E-state index contributed by atoms with van der Waals surface area (Å²) < 4.78 is 5.60. The van der Waals surface area contributed by atoms with Gasteiger partial charge >= 0.3 is 0 Å². The molecule has 0 heterocycles. The van der Waals surface area contributed by atoms with E-state index in [-0.39, 0.29) is 0 Å². The number of allylic oxidation sites excluding steroid dienone is 1. The van der Waals surface area contributed by atoms with Crippen LogP contribution in [0, 0.1) is 0 Å². The topological polar surface area (TPSA) is 29.5 Å². The molecule has 1 aromatic rings. The fourth-order valence-electron chi connectivity index (χ4n) is 1.30. The number of nitrogens with zero attached hydrogens (tertiary/aromatic N) is 1. The largest absolute Gasteiger partial charge is 0.492 e. The Kier molecular flexibility index (Phi) is 6.04. The molecule has 0 saturated carbocycles. The Morgan fingerprint density at radius 1 is 1.29 bits per heavy atom. The number of rotatable bonds is 7. The molecule has 0 spiro atoms. The van der Waals surface area contributed by atoms with Gasteiger partial charge < -0.3 is 9.64 Å². The summed E-state index contributed by atoms with van der Waals surface area (Å²) in [7, 11) is 2.07. The lowest BCUT2D eigenvalue weighted by Gasteiger charge is -2.14. The van der Waals surface area contributed by atoms with Crippen LogP contribution in [-0.4, -0.2) is 37.9 Å². The first-order valence-electron chi connectivity index (χ1n) is 5.79. The highest BCUT2D eigenvalue weighted by molar-refractivity contribution is 5.73. The molecule has 0 aromatic heterocycles. The van der Waals surface area contributed by atoms with Gasteiger partial charge in [-0.3, -0.25) is 4.79 Å². The Hall–Kier alpha value is -1.61. The van der Waals surface area contributed by atoms with Crippen LogP contribution in [0.5, 0.6) is 5.75 Å². The number of hydrogen-bond acceptors (Lipinski definition) is 3. The molecule has 0 fully saturated rings. The quantitative estimate of drug-likeness (QED) is 0.534. The van der Waals surface area contributed by atoms with Crippen molar-refractivity contribution < 1.29 is 9.53 Å². The van der Waals surface area contributed by atoms with E-state index in [2.05, 4.69) is 18.9 Å². The molecule has 0 amide bonds. The zero-order valence-corrected chi connectivity index (χ0v) is 10.4. The van der Waals surface area contributed by atoms with Crippen LogP contribution < -0.4 is 4.74 Å². The van der Waals surface area contributed by atoms with Crippen LogP contribution in [0.2, 0.25) is 0 Å². The summed E-state index contributed by atoms with van der Waals surface area (Å²) in [5.41, 5.74) is 0.995. The summed E-state index contributed by atoms with van der Waals surface area (Å²) in [4.78, 5) is 12.4. The van der Waals surface area contributed by atoms with E-state index in [1.54, 1.807) is 6.08 Å². The molecule has 0 atom stereocenters. The third-order valence-electron chi connectivity index (χ3n) is 2.53. The van der Waals surface area contributed by atoms with Crippen molar-refractivity contribution in [1.82, 2.24) is 4.90 Å². The molecule has 3 heteroatoms. The number of likely N-dealkylation sites (N-methyl/N-ethyl adjacent to an activating group) is 1. The first kappa shape index (κ1) is 13.5. The summed E-state index contributed by atoms with van der Waals surface area (Å²) >= 11 is 0. The van der Waals surface area contributed by atoms with Gasteiger partial charge in [-0.25, -0.2) is 0 Å². The van der Waals surface area contributed by atoms with Crippen LogP contribution in [0.15, 0.2) is 30.3 Å². The molecule has 0 bridgehead atoms. The fourth-order valence-corrected chi connectivity index (χ4v) is 1.30. The van der Waals surface area contributed by atoms with Gasteiger partial charge in [-0.05, 0) is 37.4 Å². The van der Waals surface area contributed by atoms with Crippen LogP contribution >= 0.6 is 0 Å². The highest BCUT2D eigenvalue weighted by Crippen LogP contribution is 2.12. The smallest absolute Gasteiger partial charge is 0.142 e. The number of benzene rings is 1. The molecule has 92 valence electrons. The van der Waals surface area contributed by atoms with E-state index in [9.17, 15) is 4.79 Å². The maximum atomic E-state index is 10.2. The number of ether oxygens (including phenoxy) is 1. The summed E-state index contributed by atoms with van der Waals surface area (Å²) in [6.07, 6.45) is 4.01. The summed E-state index contributed by atoms with van der Waals surface area (Å²) in [6, 6.07) is 7.69. The van der Waals surface area contributed by atoms with E-state index in [0.29, 0.717) is 6.61 Å². The number of carbonyl (C=O) groups is 1. The normalized spacial score (nSPS) is 11.0. The summed E-state index contributed by atoms with van der Waals surface area (Å²) in [5, 5.41) is 0. The van der Waals surface area contributed by atoms with Crippen LogP contribution in [0.1, 0.15) is 12.5 Å². The predicted molar refractivity (Wildman–Crippen MR) is 70.2 cm³/mol. The molecule has 0 unspecified atom stereocenters. The predicted octanol–water partition coefficient (Wildman–Crippen LogP) is 2.23. The minimum absolute atomic E-state index is 0.688. The zero-order valence-electron chi connectivity index (χ0n) is 10.4. The summed E-state index contributed by atoms with van der Waals surface area (Å²) in [6.45, 7) is 4.75. The standard InChI is InChI=1S/C14H19NO2/c1-3-15(2)10-12-17-14-8-6-13(7-9-14)5-4-11-16/h4-9,11H,3,10,12H2,1-2H3. The van der Waals surface area contributed by atoms with Crippen molar-refractivity contribution in [3.05, 3.63) is 35.9 Å². The van der Waals surface area contributed by atoms with Crippen molar-refractivity contribution in [1.29, 1.82) is 0 Å². The van der Waals surface area contributed by atoms with E-state index < -0.39 is 0 Å². The minimum Gasteiger partial charge on any atom is -0.492 e. The molecule has 0 radical (unpaired) electrons. The molecular formula is C14H19NO2. The molecule has 0 aliphatic rings. The monoisotopic (exact) mass is 233 g/mol.